The van der Waals surface area contributed by atoms with E-state index in [9.17, 15) is 0 Å². The van der Waals surface area contributed by atoms with Crippen LogP contribution >= 0.6 is 35.6 Å². The summed E-state index contributed by atoms with van der Waals surface area (Å²) in [5.74, 6) is 3.22. The number of piperidine rings is 2. The Morgan fingerprint density at radius 2 is 1.91 bits per heavy atom. The third-order valence-corrected chi connectivity index (χ3v) is 6.88. The smallest absolute Gasteiger partial charge is 0.193 e. The van der Waals surface area contributed by atoms with Gasteiger partial charge in [0, 0.05) is 43.7 Å². The van der Waals surface area contributed by atoms with Crippen LogP contribution in [0.15, 0.2) is 35.6 Å². The number of guanidine groups is 1. The van der Waals surface area contributed by atoms with Crippen molar-refractivity contribution in [1.82, 2.24) is 30.3 Å². The van der Waals surface area contributed by atoms with Crippen molar-refractivity contribution >= 4 is 41.5 Å². The van der Waals surface area contributed by atoms with Gasteiger partial charge < -0.3 is 10.2 Å². The van der Waals surface area contributed by atoms with E-state index in [0.29, 0.717) is 11.8 Å². The first-order chi connectivity index (χ1) is 15.2. The second kappa shape index (κ2) is 12.7. The maximum atomic E-state index is 6.33. The van der Waals surface area contributed by atoms with E-state index in [0.717, 1.165) is 75.5 Å². The van der Waals surface area contributed by atoms with E-state index in [1.807, 2.05) is 12.1 Å². The van der Waals surface area contributed by atoms with Crippen LogP contribution in [0.4, 0.5) is 0 Å². The number of nitrogens with one attached hydrogen (secondary N) is 2. The van der Waals surface area contributed by atoms with Gasteiger partial charge in [0.25, 0.3) is 0 Å². The van der Waals surface area contributed by atoms with Crippen LogP contribution in [0.1, 0.15) is 49.9 Å². The number of aromatic amines is 1. The van der Waals surface area contributed by atoms with Crippen molar-refractivity contribution in [1.29, 1.82) is 0 Å². The van der Waals surface area contributed by atoms with Crippen LogP contribution in [0.5, 0.6) is 0 Å². The first kappa shape index (κ1) is 25.2. The van der Waals surface area contributed by atoms with E-state index >= 15 is 0 Å². The summed E-state index contributed by atoms with van der Waals surface area (Å²) >= 11 is 6.33. The third kappa shape index (κ3) is 6.81. The van der Waals surface area contributed by atoms with Crippen molar-refractivity contribution < 1.29 is 0 Å². The van der Waals surface area contributed by atoms with Gasteiger partial charge in [0.2, 0.25) is 0 Å². The van der Waals surface area contributed by atoms with E-state index in [1.54, 1.807) is 6.33 Å². The highest BCUT2D eigenvalue weighted by atomic mass is 127. The Balaban J connectivity index is 0.00000289. The number of nitrogens with zero attached hydrogens (tertiary/aromatic N) is 5. The number of aliphatic imine (C=N–C) groups is 1. The topological polar surface area (TPSA) is 72.4 Å². The van der Waals surface area contributed by atoms with E-state index in [2.05, 4.69) is 49.4 Å². The predicted molar refractivity (Wildman–Crippen MR) is 141 cm³/mol. The van der Waals surface area contributed by atoms with Crippen molar-refractivity contribution in [3.63, 3.8) is 0 Å². The Hall–Kier alpha value is -1.39. The number of halogens is 2. The van der Waals surface area contributed by atoms with Crippen molar-refractivity contribution in [3.8, 4) is 0 Å². The first-order valence-corrected chi connectivity index (χ1v) is 11.9. The number of likely N-dealkylation sites (tertiary alicyclic amines) is 2. The minimum atomic E-state index is 0. The third-order valence-electron chi connectivity index (χ3n) is 6.51. The lowest BCUT2D eigenvalue weighted by molar-refractivity contribution is 0.180. The monoisotopic (exact) mass is 571 g/mol. The van der Waals surface area contributed by atoms with Crippen LogP contribution in [0.3, 0.4) is 0 Å². The molecule has 9 heteroatoms. The van der Waals surface area contributed by atoms with Crippen LogP contribution in [0.2, 0.25) is 5.02 Å². The molecule has 2 aliphatic rings. The van der Waals surface area contributed by atoms with Crippen molar-refractivity contribution in [2.75, 3.05) is 39.3 Å². The molecule has 3 heterocycles. The molecule has 176 valence electrons. The van der Waals surface area contributed by atoms with Gasteiger partial charge in [-0.1, -0.05) is 29.8 Å². The second-order valence-electron chi connectivity index (χ2n) is 8.64. The largest absolute Gasteiger partial charge is 0.357 e. The quantitative estimate of drug-likeness (QED) is 0.310. The molecule has 7 nitrogen and oxygen atoms in total. The first-order valence-electron chi connectivity index (χ1n) is 11.6. The van der Waals surface area contributed by atoms with Crippen LogP contribution in [0.25, 0.3) is 0 Å². The van der Waals surface area contributed by atoms with Crippen LogP contribution in [0, 0.1) is 5.92 Å². The summed E-state index contributed by atoms with van der Waals surface area (Å²) in [6, 6.07) is 8.18. The van der Waals surface area contributed by atoms with Crippen LogP contribution in [-0.2, 0) is 6.54 Å². The summed E-state index contributed by atoms with van der Waals surface area (Å²) in [4.78, 5) is 14.3. The average molecular weight is 572 g/mol. The lowest BCUT2D eigenvalue weighted by Crippen LogP contribution is -2.45. The van der Waals surface area contributed by atoms with Crippen molar-refractivity contribution in [3.05, 3.63) is 47.0 Å². The number of hydrogen-bond acceptors (Lipinski definition) is 4. The van der Waals surface area contributed by atoms with Gasteiger partial charge in [0.1, 0.15) is 12.2 Å². The Morgan fingerprint density at radius 3 is 2.56 bits per heavy atom. The van der Waals surface area contributed by atoms with Gasteiger partial charge in [-0.05, 0) is 63.2 Å². The molecule has 0 aliphatic carbocycles. The van der Waals surface area contributed by atoms with E-state index < -0.39 is 0 Å². The molecule has 4 rings (SSSR count). The summed E-state index contributed by atoms with van der Waals surface area (Å²) in [6.07, 6.45) is 6.16. The summed E-state index contributed by atoms with van der Waals surface area (Å²) < 4.78 is 0. The Bertz CT molecular complexity index is 829. The van der Waals surface area contributed by atoms with Gasteiger partial charge in [0.05, 0.1) is 0 Å². The lowest BCUT2D eigenvalue weighted by Gasteiger charge is -2.34. The number of H-pyrrole nitrogens is 1. The van der Waals surface area contributed by atoms with Gasteiger partial charge in [-0.3, -0.25) is 15.0 Å². The molecule has 2 N–H and O–H groups in total. The number of hydrogen-bond donors (Lipinski definition) is 2. The highest BCUT2D eigenvalue weighted by molar-refractivity contribution is 14.0. The molecule has 1 aromatic heterocycles. The minimum Gasteiger partial charge on any atom is -0.357 e. The van der Waals surface area contributed by atoms with Crippen molar-refractivity contribution in [2.24, 2.45) is 10.9 Å². The second-order valence-corrected chi connectivity index (χ2v) is 9.04. The standard InChI is InChI=1S/C23H34ClN7.HI/c1-2-25-23(31-13-9-19(10-14-31)22-27-17-28-29-22)26-15-18-7-11-30(12-8-18)16-20-5-3-4-6-21(20)24;/h3-6,17-19H,2,7-16H2,1H3,(H,25,26)(H,27,28,29);1H. The molecule has 0 unspecified atom stereocenters. The fourth-order valence-corrected chi connectivity index (χ4v) is 4.81. The van der Waals surface area contributed by atoms with E-state index in [-0.39, 0.29) is 24.0 Å². The zero-order valence-corrected chi connectivity index (χ0v) is 21.9. The highest BCUT2D eigenvalue weighted by Gasteiger charge is 2.25. The number of benzene rings is 1. The van der Waals surface area contributed by atoms with Crippen molar-refractivity contribution in [2.45, 2.75) is 45.1 Å². The molecule has 0 radical (unpaired) electrons. The summed E-state index contributed by atoms with van der Waals surface area (Å²) in [7, 11) is 0. The van der Waals surface area contributed by atoms with E-state index in [4.69, 9.17) is 16.6 Å². The van der Waals surface area contributed by atoms with Crippen LogP contribution in [-0.4, -0.2) is 70.2 Å². The Labute approximate surface area is 213 Å². The Kier molecular flexibility index (Phi) is 10.1. The number of rotatable bonds is 6. The van der Waals surface area contributed by atoms with Crippen LogP contribution < -0.4 is 5.32 Å². The summed E-state index contributed by atoms with van der Waals surface area (Å²) in [6.45, 7) is 9.14. The molecule has 0 saturated carbocycles. The molecular formula is C23H35ClIN7. The van der Waals surface area contributed by atoms with E-state index in [1.165, 1.54) is 18.4 Å². The highest BCUT2D eigenvalue weighted by Crippen LogP contribution is 2.26. The summed E-state index contributed by atoms with van der Waals surface area (Å²) in [5, 5.41) is 11.4. The molecule has 2 aliphatic heterocycles. The fourth-order valence-electron chi connectivity index (χ4n) is 4.61. The fraction of sp³-hybridized carbons (Fsp3) is 0.609. The molecule has 0 amide bonds. The maximum Gasteiger partial charge on any atom is 0.193 e. The molecule has 0 bridgehead atoms. The average Bonchev–Trinajstić information content (AvgIpc) is 3.34. The molecule has 0 atom stereocenters. The zero-order valence-electron chi connectivity index (χ0n) is 18.8. The van der Waals surface area contributed by atoms with Gasteiger partial charge in [-0.2, -0.15) is 5.10 Å². The maximum absolute atomic E-state index is 6.33. The molecule has 32 heavy (non-hydrogen) atoms. The molecular weight excluding hydrogens is 537 g/mol. The number of aromatic nitrogens is 3. The van der Waals surface area contributed by atoms with Gasteiger partial charge in [0.15, 0.2) is 5.96 Å². The molecule has 2 fully saturated rings. The molecule has 0 spiro atoms. The predicted octanol–water partition coefficient (Wildman–Crippen LogP) is 4.13. The van der Waals surface area contributed by atoms with Gasteiger partial charge >= 0.3 is 0 Å². The molecule has 2 saturated heterocycles. The van der Waals surface area contributed by atoms with Gasteiger partial charge in [-0.25, -0.2) is 4.98 Å². The molecule has 2 aromatic rings. The summed E-state index contributed by atoms with van der Waals surface area (Å²) in [5.41, 5.74) is 1.23. The Morgan fingerprint density at radius 1 is 1.16 bits per heavy atom. The minimum absolute atomic E-state index is 0. The SMILES string of the molecule is CCNC(=NCC1CCN(Cc2ccccc2Cl)CC1)N1CCC(c2ncn[nH]2)CC1.I. The molecule has 1 aromatic carbocycles. The zero-order chi connectivity index (χ0) is 21.5. The lowest BCUT2D eigenvalue weighted by atomic mass is 9.96. The van der Waals surface area contributed by atoms with Gasteiger partial charge in [-0.15, -0.1) is 24.0 Å². The normalized spacial score (nSPS) is 19.1.